The van der Waals surface area contributed by atoms with E-state index in [1.807, 2.05) is 0 Å². The Morgan fingerprint density at radius 2 is 1.95 bits per heavy atom. The van der Waals surface area contributed by atoms with Crippen LogP contribution in [0.25, 0.3) is 0 Å². The van der Waals surface area contributed by atoms with Gasteiger partial charge in [0.2, 0.25) is 0 Å². The Kier molecular flexibility index (Phi) is 4.78. The van der Waals surface area contributed by atoms with Gasteiger partial charge in [0.1, 0.15) is 0 Å². The van der Waals surface area contributed by atoms with E-state index in [0.717, 1.165) is 12.3 Å². The van der Waals surface area contributed by atoms with E-state index >= 15 is 0 Å². The van der Waals surface area contributed by atoms with Crippen LogP contribution < -0.4 is 5.32 Å². The number of fused-ring (bicyclic) bond motifs is 2. The zero-order valence-electron chi connectivity index (χ0n) is 14.8. The summed E-state index contributed by atoms with van der Waals surface area (Å²) < 4.78 is 6.19. The molecule has 0 amide bonds. The molecule has 0 unspecified atom stereocenters. The molecule has 2 aliphatic rings. The van der Waals surface area contributed by atoms with Gasteiger partial charge in [-0.25, -0.2) is 0 Å². The van der Waals surface area contributed by atoms with E-state index < -0.39 is 0 Å². The number of hydrogen-bond acceptors (Lipinski definition) is 3. The van der Waals surface area contributed by atoms with Gasteiger partial charge in [-0.1, -0.05) is 20.8 Å². The van der Waals surface area contributed by atoms with Crippen molar-refractivity contribution in [1.82, 2.24) is 5.32 Å². The second-order valence-electron chi connectivity index (χ2n) is 9.04. The molecule has 2 rings (SSSR count). The van der Waals surface area contributed by atoms with Crippen molar-refractivity contribution in [2.45, 2.75) is 85.0 Å². The van der Waals surface area contributed by atoms with Crippen molar-refractivity contribution in [3.63, 3.8) is 0 Å². The van der Waals surface area contributed by atoms with E-state index in [0.29, 0.717) is 30.1 Å². The molecule has 0 spiro atoms. The largest absolute Gasteiger partial charge is 0.392 e. The number of ether oxygens (including phenoxy) is 1. The second-order valence-corrected chi connectivity index (χ2v) is 9.04. The Morgan fingerprint density at radius 3 is 2.43 bits per heavy atom. The lowest BCUT2D eigenvalue weighted by molar-refractivity contribution is -0.0548. The van der Waals surface area contributed by atoms with Crippen LogP contribution in [-0.4, -0.2) is 36.0 Å². The average Bonchev–Trinajstić information content (AvgIpc) is 2.68. The number of aliphatic hydroxyl groups is 1. The van der Waals surface area contributed by atoms with Crippen molar-refractivity contribution in [1.29, 1.82) is 0 Å². The molecule has 2 saturated carbocycles. The molecular weight excluding hydrogens is 262 g/mol. The summed E-state index contributed by atoms with van der Waals surface area (Å²) >= 11 is 0. The van der Waals surface area contributed by atoms with Crippen molar-refractivity contribution >= 4 is 0 Å². The van der Waals surface area contributed by atoms with Crippen molar-refractivity contribution in [3.05, 3.63) is 0 Å². The normalized spacial score (nSPS) is 36.1. The molecule has 21 heavy (non-hydrogen) atoms. The Bertz CT molecular complexity index is 361. The van der Waals surface area contributed by atoms with Gasteiger partial charge < -0.3 is 15.2 Å². The maximum Gasteiger partial charge on any atom is 0.0686 e. The molecule has 0 aromatic heterocycles. The zero-order chi connectivity index (χ0) is 15.9. The predicted octanol–water partition coefficient (Wildman–Crippen LogP) is 3.36. The van der Waals surface area contributed by atoms with Gasteiger partial charge in [-0.15, -0.1) is 0 Å². The third-order valence-electron chi connectivity index (χ3n) is 6.35. The molecule has 2 fully saturated rings. The van der Waals surface area contributed by atoms with Crippen molar-refractivity contribution in [3.8, 4) is 0 Å². The fourth-order valence-electron chi connectivity index (χ4n) is 4.25. The van der Waals surface area contributed by atoms with Gasteiger partial charge in [-0.05, 0) is 63.2 Å². The van der Waals surface area contributed by atoms with E-state index in [9.17, 15) is 5.11 Å². The summed E-state index contributed by atoms with van der Waals surface area (Å²) in [5, 5.41) is 13.4. The van der Waals surface area contributed by atoms with E-state index in [1.54, 1.807) is 0 Å². The second kappa shape index (κ2) is 5.82. The predicted molar refractivity (Wildman–Crippen MR) is 87.3 cm³/mol. The highest BCUT2D eigenvalue weighted by atomic mass is 16.5. The Balaban J connectivity index is 1.73. The first-order chi connectivity index (χ1) is 9.56. The quantitative estimate of drug-likeness (QED) is 0.790. The van der Waals surface area contributed by atoms with Gasteiger partial charge in [0, 0.05) is 18.7 Å². The van der Waals surface area contributed by atoms with Crippen LogP contribution in [0.1, 0.15) is 67.2 Å². The van der Waals surface area contributed by atoms with Gasteiger partial charge in [0.05, 0.1) is 12.2 Å². The first kappa shape index (κ1) is 17.2. The van der Waals surface area contributed by atoms with E-state index in [-0.39, 0.29) is 11.6 Å². The molecular formula is C18H35NO2. The van der Waals surface area contributed by atoms with Crippen LogP contribution in [0.2, 0.25) is 0 Å². The molecule has 0 aromatic carbocycles. The summed E-state index contributed by atoms with van der Waals surface area (Å²) in [6, 6.07) is 0. The fraction of sp³-hybridized carbons (Fsp3) is 1.00. The lowest BCUT2D eigenvalue weighted by atomic mass is 9.70. The molecule has 124 valence electrons. The minimum Gasteiger partial charge on any atom is -0.392 e. The van der Waals surface area contributed by atoms with Gasteiger partial charge >= 0.3 is 0 Å². The zero-order valence-corrected chi connectivity index (χ0v) is 14.8. The van der Waals surface area contributed by atoms with Crippen LogP contribution in [0.4, 0.5) is 0 Å². The van der Waals surface area contributed by atoms with Crippen LogP contribution in [0.5, 0.6) is 0 Å². The molecule has 0 aromatic rings. The summed E-state index contributed by atoms with van der Waals surface area (Å²) in [7, 11) is 0. The van der Waals surface area contributed by atoms with Crippen LogP contribution in [-0.2, 0) is 4.74 Å². The fourth-order valence-corrected chi connectivity index (χ4v) is 4.25. The van der Waals surface area contributed by atoms with Crippen molar-refractivity contribution < 1.29 is 9.84 Å². The smallest absolute Gasteiger partial charge is 0.0686 e. The minimum absolute atomic E-state index is 0.0595. The average molecular weight is 297 g/mol. The molecule has 3 heteroatoms. The number of rotatable bonds is 6. The SMILES string of the molecule is CC(C)(C)NC[C@H](O)CCO[C@H]1C[C@H]2CC[C@@]1(C)C2(C)C. The van der Waals surface area contributed by atoms with E-state index in [4.69, 9.17) is 4.74 Å². The summed E-state index contributed by atoms with van der Waals surface area (Å²) in [5.41, 5.74) is 0.792. The molecule has 0 saturated heterocycles. The highest BCUT2D eigenvalue weighted by Gasteiger charge is 2.61. The van der Waals surface area contributed by atoms with Crippen LogP contribution in [0, 0.1) is 16.7 Å². The summed E-state index contributed by atoms with van der Waals surface area (Å²) in [5.74, 6) is 0.819. The van der Waals surface area contributed by atoms with Gasteiger partial charge in [0.25, 0.3) is 0 Å². The van der Waals surface area contributed by atoms with E-state index in [1.165, 1.54) is 19.3 Å². The van der Waals surface area contributed by atoms with E-state index in [2.05, 4.69) is 46.9 Å². The highest BCUT2D eigenvalue weighted by Crippen LogP contribution is 2.66. The van der Waals surface area contributed by atoms with Crippen molar-refractivity contribution in [2.24, 2.45) is 16.7 Å². The van der Waals surface area contributed by atoms with Gasteiger partial charge in [-0.3, -0.25) is 0 Å². The van der Waals surface area contributed by atoms with Gasteiger partial charge in [0.15, 0.2) is 0 Å². The maximum absolute atomic E-state index is 10.0. The monoisotopic (exact) mass is 297 g/mol. The number of hydrogen-bond donors (Lipinski definition) is 2. The van der Waals surface area contributed by atoms with Gasteiger partial charge in [-0.2, -0.15) is 0 Å². The molecule has 2 bridgehead atoms. The molecule has 0 radical (unpaired) electrons. The van der Waals surface area contributed by atoms with Crippen LogP contribution in [0.3, 0.4) is 0 Å². The minimum atomic E-state index is -0.316. The third kappa shape index (κ3) is 3.46. The summed E-state index contributed by atoms with van der Waals surface area (Å²) in [6.07, 6.45) is 4.66. The summed E-state index contributed by atoms with van der Waals surface area (Å²) in [6.45, 7) is 14.9. The number of aliphatic hydroxyl groups excluding tert-OH is 1. The molecule has 2 aliphatic carbocycles. The third-order valence-corrected chi connectivity index (χ3v) is 6.35. The Hall–Kier alpha value is -0.120. The molecule has 0 aliphatic heterocycles. The molecule has 2 N–H and O–H groups in total. The first-order valence-corrected chi connectivity index (χ1v) is 8.61. The van der Waals surface area contributed by atoms with Crippen LogP contribution in [0.15, 0.2) is 0 Å². The lowest BCUT2D eigenvalue weighted by Crippen LogP contribution is -2.41. The molecule has 4 atom stereocenters. The topological polar surface area (TPSA) is 41.5 Å². The first-order valence-electron chi connectivity index (χ1n) is 8.61. The Labute approximate surface area is 130 Å². The maximum atomic E-state index is 10.0. The van der Waals surface area contributed by atoms with Crippen LogP contribution >= 0.6 is 0 Å². The molecule has 0 heterocycles. The highest BCUT2D eigenvalue weighted by molar-refractivity contribution is 5.11. The lowest BCUT2D eigenvalue weighted by Gasteiger charge is -2.39. The Morgan fingerprint density at radius 1 is 1.29 bits per heavy atom. The standard InChI is InChI=1S/C18H35NO2/c1-16(2,3)19-12-14(20)8-10-21-15-11-13-7-9-18(15,6)17(13,4)5/h13-15,19-20H,7-12H2,1-6H3/t13-,14-,15+,18-/m1/s1. The molecule has 3 nitrogen and oxygen atoms in total. The number of nitrogens with one attached hydrogen (secondary N) is 1. The number of β-amino-alcohol motifs (C(OH)–C–C–N with tert-alkyl or cyclic N) is 1. The van der Waals surface area contributed by atoms with Crippen molar-refractivity contribution in [2.75, 3.05) is 13.2 Å². The summed E-state index contributed by atoms with van der Waals surface area (Å²) in [4.78, 5) is 0.